The summed E-state index contributed by atoms with van der Waals surface area (Å²) in [5, 5.41) is 18.6. The van der Waals surface area contributed by atoms with Crippen molar-refractivity contribution >= 4 is 0 Å². The lowest BCUT2D eigenvalue weighted by Crippen LogP contribution is -2.28. The van der Waals surface area contributed by atoms with Crippen molar-refractivity contribution in [2.24, 2.45) is 0 Å². The maximum Gasteiger partial charge on any atom is 0.126 e. The van der Waals surface area contributed by atoms with Crippen LogP contribution in [0.15, 0.2) is 42.5 Å². The van der Waals surface area contributed by atoms with Crippen LogP contribution in [-0.4, -0.2) is 22.9 Å². The van der Waals surface area contributed by atoms with Gasteiger partial charge in [0, 0.05) is 12.5 Å². The summed E-state index contributed by atoms with van der Waals surface area (Å²) in [5.41, 5.74) is 2.06. The molecule has 1 aliphatic heterocycles. The molecule has 4 heteroatoms. The number of rotatable bonds is 3. The van der Waals surface area contributed by atoms with Crippen LogP contribution < -0.4 is 4.74 Å². The molecule has 0 spiro atoms. The molecule has 2 aromatic rings. The SMILES string of the molecule is Oc1ccc(COC2COc3cc(O)ccc3C2)cc1. The van der Waals surface area contributed by atoms with Crippen LogP contribution in [0.3, 0.4) is 0 Å². The van der Waals surface area contributed by atoms with Gasteiger partial charge >= 0.3 is 0 Å². The number of benzene rings is 2. The highest BCUT2D eigenvalue weighted by Crippen LogP contribution is 2.29. The molecule has 104 valence electrons. The van der Waals surface area contributed by atoms with Crippen LogP contribution >= 0.6 is 0 Å². The van der Waals surface area contributed by atoms with E-state index in [0.717, 1.165) is 23.3 Å². The second-order valence-corrected chi connectivity index (χ2v) is 4.91. The summed E-state index contributed by atoms with van der Waals surface area (Å²) in [5.74, 6) is 1.20. The molecule has 0 saturated heterocycles. The van der Waals surface area contributed by atoms with E-state index in [-0.39, 0.29) is 17.6 Å². The van der Waals surface area contributed by atoms with Gasteiger partial charge in [-0.2, -0.15) is 0 Å². The van der Waals surface area contributed by atoms with Gasteiger partial charge < -0.3 is 19.7 Å². The second kappa shape index (κ2) is 5.43. The van der Waals surface area contributed by atoms with Crippen LogP contribution in [0, 0.1) is 0 Å². The highest BCUT2D eigenvalue weighted by atomic mass is 16.5. The average Bonchev–Trinajstić information content (AvgIpc) is 2.46. The Kier molecular flexibility index (Phi) is 3.48. The summed E-state index contributed by atoms with van der Waals surface area (Å²) in [7, 11) is 0. The quantitative estimate of drug-likeness (QED) is 0.901. The molecule has 0 radical (unpaired) electrons. The number of hydrogen-bond acceptors (Lipinski definition) is 4. The van der Waals surface area contributed by atoms with E-state index in [1.165, 1.54) is 0 Å². The molecular weight excluding hydrogens is 256 g/mol. The lowest BCUT2D eigenvalue weighted by molar-refractivity contribution is 0.000945. The summed E-state index contributed by atoms with van der Waals surface area (Å²) in [6, 6.07) is 12.1. The normalized spacial score (nSPS) is 17.3. The van der Waals surface area contributed by atoms with Gasteiger partial charge in [0.2, 0.25) is 0 Å². The smallest absolute Gasteiger partial charge is 0.126 e. The van der Waals surface area contributed by atoms with Gasteiger partial charge in [0.05, 0.1) is 12.7 Å². The van der Waals surface area contributed by atoms with E-state index >= 15 is 0 Å². The maximum atomic E-state index is 9.40. The molecule has 2 N–H and O–H groups in total. The predicted octanol–water partition coefficient (Wildman–Crippen LogP) is 2.62. The fourth-order valence-electron chi connectivity index (χ4n) is 2.25. The lowest BCUT2D eigenvalue weighted by Gasteiger charge is -2.25. The second-order valence-electron chi connectivity index (χ2n) is 4.91. The highest BCUT2D eigenvalue weighted by molar-refractivity contribution is 5.41. The first-order valence-electron chi connectivity index (χ1n) is 6.55. The van der Waals surface area contributed by atoms with Crippen molar-refractivity contribution in [1.29, 1.82) is 0 Å². The van der Waals surface area contributed by atoms with Crippen molar-refractivity contribution in [2.45, 2.75) is 19.1 Å². The Morgan fingerprint density at radius 1 is 1.05 bits per heavy atom. The van der Waals surface area contributed by atoms with Crippen molar-refractivity contribution in [3.05, 3.63) is 53.6 Å². The number of fused-ring (bicyclic) bond motifs is 1. The van der Waals surface area contributed by atoms with Gasteiger partial charge in [-0.15, -0.1) is 0 Å². The van der Waals surface area contributed by atoms with Gasteiger partial charge in [0.15, 0.2) is 0 Å². The van der Waals surface area contributed by atoms with E-state index in [2.05, 4.69) is 0 Å². The van der Waals surface area contributed by atoms with E-state index in [1.54, 1.807) is 24.3 Å². The van der Waals surface area contributed by atoms with Crippen LogP contribution in [0.25, 0.3) is 0 Å². The Morgan fingerprint density at radius 2 is 1.80 bits per heavy atom. The Hall–Kier alpha value is -2.20. The molecule has 0 fully saturated rings. The fourth-order valence-corrected chi connectivity index (χ4v) is 2.25. The van der Waals surface area contributed by atoms with Crippen LogP contribution in [0.2, 0.25) is 0 Å². The van der Waals surface area contributed by atoms with Crippen molar-refractivity contribution in [1.82, 2.24) is 0 Å². The third-order valence-electron chi connectivity index (χ3n) is 3.35. The van der Waals surface area contributed by atoms with Crippen LogP contribution in [0.5, 0.6) is 17.2 Å². The lowest BCUT2D eigenvalue weighted by atomic mass is 10.0. The predicted molar refractivity (Wildman–Crippen MR) is 74.0 cm³/mol. The molecule has 1 aliphatic rings. The standard InChI is InChI=1S/C16H16O4/c17-13-4-1-11(2-5-13)9-19-15-7-12-3-6-14(18)8-16(12)20-10-15/h1-6,8,15,17-18H,7,9-10H2. The number of aromatic hydroxyl groups is 2. The fraction of sp³-hybridized carbons (Fsp3) is 0.250. The molecular formula is C16H16O4. The Labute approximate surface area is 117 Å². The third-order valence-corrected chi connectivity index (χ3v) is 3.35. The van der Waals surface area contributed by atoms with E-state index in [4.69, 9.17) is 9.47 Å². The van der Waals surface area contributed by atoms with Gasteiger partial charge in [-0.3, -0.25) is 0 Å². The van der Waals surface area contributed by atoms with E-state index in [0.29, 0.717) is 13.2 Å². The Morgan fingerprint density at radius 3 is 2.60 bits per heavy atom. The monoisotopic (exact) mass is 272 g/mol. The number of hydrogen-bond donors (Lipinski definition) is 2. The average molecular weight is 272 g/mol. The zero-order valence-electron chi connectivity index (χ0n) is 11.0. The van der Waals surface area contributed by atoms with Crippen molar-refractivity contribution in [3.63, 3.8) is 0 Å². The molecule has 1 atom stereocenters. The van der Waals surface area contributed by atoms with Gasteiger partial charge in [-0.1, -0.05) is 18.2 Å². The molecule has 20 heavy (non-hydrogen) atoms. The minimum atomic E-state index is 0.000783. The van der Waals surface area contributed by atoms with Gasteiger partial charge in [0.1, 0.15) is 23.9 Å². The Balaban J connectivity index is 1.60. The molecule has 2 aromatic carbocycles. The van der Waals surface area contributed by atoms with Gasteiger partial charge in [-0.25, -0.2) is 0 Å². The first-order chi connectivity index (χ1) is 9.70. The number of ether oxygens (including phenoxy) is 2. The minimum absolute atomic E-state index is 0.000783. The largest absolute Gasteiger partial charge is 0.508 e. The van der Waals surface area contributed by atoms with Crippen LogP contribution in [-0.2, 0) is 17.8 Å². The maximum absolute atomic E-state index is 9.40. The van der Waals surface area contributed by atoms with Crippen LogP contribution in [0.1, 0.15) is 11.1 Å². The molecule has 1 heterocycles. The van der Waals surface area contributed by atoms with Crippen molar-refractivity contribution < 1.29 is 19.7 Å². The first-order valence-corrected chi connectivity index (χ1v) is 6.55. The summed E-state index contributed by atoms with van der Waals surface area (Å²) >= 11 is 0. The summed E-state index contributed by atoms with van der Waals surface area (Å²) in [4.78, 5) is 0. The summed E-state index contributed by atoms with van der Waals surface area (Å²) in [6.45, 7) is 0.969. The molecule has 0 amide bonds. The number of phenolic OH excluding ortho intramolecular Hbond substituents is 2. The summed E-state index contributed by atoms with van der Waals surface area (Å²) < 4.78 is 11.4. The first kappa shape index (κ1) is 12.8. The summed E-state index contributed by atoms with van der Waals surface area (Å²) in [6.07, 6.45) is 0.772. The molecule has 0 saturated carbocycles. The van der Waals surface area contributed by atoms with Crippen molar-refractivity contribution in [3.8, 4) is 17.2 Å². The Bertz CT molecular complexity index is 592. The molecule has 0 aromatic heterocycles. The van der Waals surface area contributed by atoms with E-state index in [9.17, 15) is 10.2 Å². The molecule has 0 aliphatic carbocycles. The minimum Gasteiger partial charge on any atom is -0.508 e. The molecule has 4 nitrogen and oxygen atoms in total. The van der Waals surface area contributed by atoms with Gasteiger partial charge in [-0.05, 0) is 29.3 Å². The van der Waals surface area contributed by atoms with Crippen LogP contribution in [0.4, 0.5) is 0 Å². The highest BCUT2D eigenvalue weighted by Gasteiger charge is 2.20. The molecule has 1 unspecified atom stereocenters. The third kappa shape index (κ3) is 2.86. The zero-order valence-corrected chi connectivity index (χ0v) is 11.0. The zero-order chi connectivity index (χ0) is 13.9. The van der Waals surface area contributed by atoms with Crippen molar-refractivity contribution in [2.75, 3.05) is 6.61 Å². The molecule has 0 bridgehead atoms. The molecule has 3 rings (SSSR count). The van der Waals surface area contributed by atoms with E-state index < -0.39 is 0 Å². The van der Waals surface area contributed by atoms with E-state index in [1.807, 2.05) is 18.2 Å². The topological polar surface area (TPSA) is 58.9 Å². The van der Waals surface area contributed by atoms with Gasteiger partial charge in [0.25, 0.3) is 0 Å². The number of phenols is 2.